The van der Waals surface area contributed by atoms with Crippen molar-refractivity contribution in [3.05, 3.63) is 11.3 Å². The lowest BCUT2D eigenvalue weighted by Gasteiger charge is -1.99. The molecule has 0 aliphatic carbocycles. The highest BCUT2D eigenvalue weighted by atomic mass is 16.6. The second kappa shape index (κ2) is 2.97. The van der Waals surface area contributed by atoms with Gasteiger partial charge in [0.15, 0.2) is 0 Å². The van der Waals surface area contributed by atoms with E-state index in [0.717, 1.165) is 0 Å². The third kappa shape index (κ3) is 1.47. The fraction of sp³-hybridized carbons (Fsp3) is 0.500. The van der Waals surface area contributed by atoms with Crippen molar-refractivity contribution < 1.29 is 19.1 Å². The maximum atomic E-state index is 11.0. The normalized spacial score (nSPS) is 22.6. The number of esters is 2. The average molecular weight is 170 g/mol. The lowest BCUT2D eigenvalue weighted by molar-refractivity contribution is -0.148. The van der Waals surface area contributed by atoms with Crippen molar-refractivity contribution in [2.75, 3.05) is 0 Å². The fourth-order valence-corrected chi connectivity index (χ4v) is 0.914. The molecular formula is C8H10O4. The summed E-state index contributed by atoms with van der Waals surface area (Å²) in [6.07, 6.45) is -0.285. The molecule has 66 valence electrons. The van der Waals surface area contributed by atoms with E-state index < -0.39 is 11.9 Å². The van der Waals surface area contributed by atoms with E-state index in [9.17, 15) is 9.59 Å². The molecule has 0 fully saturated rings. The average Bonchev–Trinajstić information content (AvgIpc) is 2.16. The Labute approximate surface area is 70.1 Å². The van der Waals surface area contributed by atoms with Crippen molar-refractivity contribution in [2.24, 2.45) is 0 Å². The van der Waals surface area contributed by atoms with Crippen LogP contribution in [0.5, 0.6) is 0 Å². The van der Waals surface area contributed by atoms with Crippen LogP contribution < -0.4 is 0 Å². The Morgan fingerprint density at radius 3 is 2.50 bits per heavy atom. The first-order chi connectivity index (χ1) is 5.52. The SMILES string of the molecule is CC(=O)OC1=C(C)C(C)OC1=O. The number of carbonyl (C=O) groups excluding carboxylic acids is 2. The first kappa shape index (κ1) is 8.77. The molecule has 0 spiro atoms. The smallest absolute Gasteiger partial charge is 0.375 e. The minimum Gasteiger partial charge on any atom is -0.452 e. The van der Waals surface area contributed by atoms with E-state index in [1.54, 1.807) is 13.8 Å². The van der Waals surface area contributed by atoms with E-state index in [4.69, 9.17) is 4.74 Å². The Morgan fingerprint density at radius 2 is 2.17 bits per heavy atom. The Hall–Kier alpha value is -1.32. The van der Waals surface area contributed by atoms with Crippen molar-refractivity contribution in [1.29, 1.82) is 0 Å². The standard InChI is InChI=1S/C8H10O4/c1-4-5(2)11-8(10)7(4)12-6(3)9/h5H,1-3H3. The molecule has 0 N–H and O–H groups in total. The van der Waals surface area contributed by atoms with Gasteiger partial charge >= 0.3 is 11.9 Å². The highest BCUT2D eigenvalue weighted by Crippen LogP contribution is 2.22. The fourth-order valence-electron chi connectivity index (χ4n) is 0.914. The number of rotatable bonds is 1. The van der Waals surface area contributed by atoms with Crippen LogP contribution in [0, 0.1) is 0 Å². The summed E-state index contributed by atoms with van der Waals surface area (Å²) in [6, 6.07) is 0. The van der Waals surface area contributed by atoms with Gasteiger partial charge in [-0.1, -0.05) is 0 Å². The zero-order chi connectivity index (χ0) is 9.30. The first-order valence-corrected chi connectivity index (χ1v) is 3.62. The highest BCUT2D eigenvalue weighted by molar-refractivity contribution is 5.92. The van der Waals surface area contributed by atoms with Gasteiger partial charge in [0.2, 0.25) is 5.76 Å². The van der Waals surface area contributed by atoms with Crippen LogP contribution in [0.4, 0.5) is 0 Å². The summed E-state index contributed by atoms with van der Waals surface area (Å²) in [5, 5.41) is 0. The molecule has 12 heavy (non-hydrogen) atoms. The molecule has 1 rings (SSSR count). The van der Waals surface area contributed by atoms with E-state index >= 15 is 0 Å². The molecule has 0 aromatic carbocycles. The molecule has 4 heteroatoms. The summed E-state index contributed by atoms with van der Waals surface area (Å²) < 4.78 is 9.47. The van der Waals surface area contributed by atoms with Crippen LogP contribution in [0.2, 0.25) is 0 Å². The number of hydrogen-bond donors (Lipinski definition) is 0. The molecular weight excluding hydrogens is 160 g/mol. The van der Waals surface area contributed by atoms with Crippen molar-refractivity contribution in [2.45, 2.75) is 26.9 Å². The van der Waals surface area contributed by atoms with Crippen molar-refractivity contribution in [1.82, 2.24) is 0 Å². The van der Waals surface area contributed by atoms with Gasteiger partial charge in [-0.3, -0.25) is 4.79 Å². The predicted molar refractivity (Wildman–Crippen MR) is 40.0 cm³/mol. The second-order valence-electron chi connectivity index (χ2n) is 2.65. The molecule has 0 bridgehead atoms. The van der Waals surface area contributed by atoms with Crippen molar-refractivity contribution >= 4 is 11.9 Å². The van der Waals surface area contributed by atoms with Gasteiger partial charge in [0.25, 0.3) is 0 Å². The summed E-state index contributed by atoms with van der Waals surface area (Å²) in [6.45, 7) is 4.67. The first-order valence-electron chi connectivity index (χ1n) is 3.62. The minimum absolute atomic E-state index is 0.0370. The summed E-state index contributed by atoms with van der Waals surface area (Å²) in [5.41, 5.74) is 0.662. The topological polar surface area (TPSA) is 52.6 Å². The largest absolute Gasteiger partial charge is 0.452 e. The Morgan fingerprint density at radius 1 is 1.58 bits per heavy atom. The molecule has 1 atom stereocenters. The molecule has 0 saturated heterocycles. The van der Waals surface area contributed by atoms with Gasteiger partial charge in [-0.05, 0) is 13.8 Å². The highest BCUT2D eigenvalue weighted by Gasteiger charge is 2.30. The number of cyclic esters (lactones) is 1. The Kier molecular flexibility index (Phi) is 2.17. The monoisotopic (exact) mass is 170 g/mol. The molecule has 0 amide bonds. The summed E-state index contributed by atoms with van der Waals surface area (Å²) in [5.74, 6) is -1.03. The van der Waals surface area contributed by atoms with E-state index in [-0.39, 0.29) is 11.9 Å². The predicted octanol–water partition coefficient (Wildman–Crippen LogP) is 0.769. The van der Waals surface area contributed by atoms with Gasteiger partial charge in [0.05, 0.1) is 0 Å². The number of ether oxygens (including phenoxy) is 2. The van der Waals surface area contributed by atoms with Gasteiger partial charge in [-0.25, -0.2) is 4.79 Å². The molecule has 0 aromatic heterocycles. The molecule has 1 heterocycles. The summed E-state index contributed by atoms with van der Waals surface area (Å²) in [7, 11) is 0. The van der Waals surface area contributed by atoms with Gasteiger partial charge in [0, 0.05) is 12.5 Å². The molecule has 1 aliphatic rings. The minimum atomic E-state index is -0.560. The van der Waals surface area contributed by atoms with Crippen molar-refractivity contribution in [3.8, 4) is 0 Å². The zero-order valence-electron chi connectivity index (χ0n) is 7.21. The van der Waals surface area contributed by atoms with Crippen LogP contribution in [0.3, 0.4) is 0 Å². The Bertz CT molecular complexity index is 264. The van der Waals surface area contributed by atoms with Crippen LogP contribution in [0.1, 0.15) is 20.8 Å². The third-order valence-corrected chi connectivity index (χ3v) is 1.68. The van der Waals surface area contributed by atoms with Gasteiger partial charge in [-0.2, -0.15) is 0 Å². The van der Waals surface area contributed by atoms with Crippen LogP contribution in [-0.4, -0.2) is 18.0 Å². The van der Waals surface area contributed by atoms with Crippen molar-refractivity contribution in [3.63, 3.8) is 0 Å². The maximum absolute atomic E-state index is 11.0. The number of carbonyl (C=O) groups is 2. The Balaban J connectivity index is 2.85. The zero-order valence-corrected chi connectivity index (χ0v) is 7.21. The lowest BCUT2D eigenvalue weighted by atomic mass is 10.2. The molecule has 0 radical (unpaired) electrons. The van der Waals surface area contributed by atoms with E-state index in [2.05, 4.69) is 4.74 Å². The molecule has 1 unspecified atom stereocenters. The van der Waals surface area contributed by atoms with E-state index in [0.29, 0.717) is 5.57 Å². The molecule has 4 nitrogen and oxygen atoms in total. The quantitative estimate of drug-likeness (QED) is 0.545. The second-order valence-corrected chi connectivity index (χ2v) is 2.65. The molecule has 0 saturated carbocycles. The third-order valence-electron chi connectivity index (χ3n) is 1.68. The number of hydrogen-bond acceptors (Lipinski definition) is 4. The van der Waals surface area contributed by atoms with Gasteiger partial charge in [0.1, 0.15) is 6.10 Å². The van der Waals surface area contributed by atoms with E-state index in [1.165, 1.54) is 6.92 Å². The van der Waals surface area contributed by atoms with Gasteiger partial charge in [-0.15, -0.1) is 0 Å². The van der Waals surface area contributed by atoms with Crippen LogP contribution >= 0.6 is 0 Å². The summed E-state index contributed by atoms with van der Waals surface area (Å²) >= 11 is 0. The summed E-state index contributed by atoms with van der Waals surface area (Å²) in [4.78, 5) is 21.5. The van der Waals surface area contributed by atoms with E-state index in [1.807, 2.05) is 0 Å². The maximum Gasteiger partial charge on any atom is 0.375 e. The van der Waals surface area contributed by atoms with Crippen LogP contribution in [0.15, 0.2) is 11.3 Å². The van der Waals surface area contributed by atoms with Crippen LogP contribution in [0.25, 0.3) is 0 Å². The lowest BCUT2D eigenvalue weighted by Crippen LogP contribution is -2.07. The van der Waals surface area contributed by atoms with Crippen LogP contribution in [-0.2, 0) is 19.1 Å². The molecule has 1 aliphatic heterocycles. The molecule has 0 aromatic rings. The van der Waals surface area contributed by atoms with Gasteiger partial charge < -0.3 is 9.47 Å².